The third-order valence-electron chi connectivity index (χ3n) is 2.95. The average molecular weight is 282 g/mol. The first-order chi connectivity index (χ1) is 9.47. The van der Waals surface area contributed by atoms with Crippen molar-refractivity contribution in [2.24, 2.45) is 5.92 Å². The molecule has 0 saturated carbocycles. The molecule has 0 saturated heterocycles. The third kappa shape index (κ3) is 4.11. The molecule has 7 heteroatoms. The first-order valence-corrected chi connectivity index (χ1v) is 6.25. The van der Waals surface area contributed by atoms with Crippen molar-refractivity contribution in [1.82, 2.24) is 0 Å². The lowest BCUT2D eigenvalue weighted by Gasteiger charge is -2.10. The number of nitro groups is 1. The van der Waals surface area contributed by atoms with Crippen LogP contribution in [0.25, 0.3) is 0 Å². The fourth-order valence-electron chi connectivity index (χ4n) is 1.77. The molecule has 0 aliphatic heterocycles. The van der Waals surface area contributed by atoms with E-state index in [0.717, 1.165) is 0 Å². The Labute approximate surface area is 116 Å². The fourth-order valence-corrected chi connectivity index (χ4v) is 1.77. The van der Waals surface area contributed by atoms with E-state index in [1.807, 2.05) is 0 Å². The SMILES string of the molecule is COc1cccc(NCCCC(C)C(=O)O)c1[N+](=O)[O-]. The van der Waals surface area contributed by atoms with Gasteiger partial charge >= 0.3 is 11.7 Å². The van der Waals surface area contributed by atoms with Crippen LogP contribution in [-0.4, -0.2) is 29.7 Å². The molecule has 0 bridgehead atoms. The van der Waals surface area contributed by atoms with Crippen LogP contribution < -0.4 is 10.1 Å². The predicted molar refractivity (Wildman–Crippen MR) is 74.2 cm³/mol. The van der Waals surface area contributed by atoms with Crippen LogP contribution in [0.2, 0.25) is 0 Å². The minimum absolute atomic E-state index is 0.110. The Morgan fingerprint density at radius 2 is 2.25 bits per heavy atom. The van der Waals surface area contributed by atoms with Gasteiger partial charge in [0.2, 0.25) is 0 Å². The number of benzene rings is 1. The minimum atomic E-state index is -0.836. The number of para-hydroxylation sites is 1. The lowest BCUT2D eigenvalue weighted by atomic mass is 10.1. The standard InChI is InChI=1S/C13H18N2O5/c1-9(13(16)17)5-4-8-14-10-6-3-7-11(20-2)12(10)15(18)19/h3,6-7,9,14H,4-5,8H2,1-2H3,(H,16,17). The number of aliphatic carboxylic acids is 1. The Morgan fingerprint density at radius 3 is 2.80 bits per heavy atom. The molecule has 0 aliphatic rings. The maximum Gasteiger partial charge on any atom is 0.333 e. The number of carbonyl (C=O) groups is 1. The molecule has 0 heterocycles. The molecule has 0 fully saturated rings. The average Bonchev–Trinajstić information content (AvgIpc) is 2.42. The van der Waals surface area contributed by atoms with Gasteiger partial charge in [0.1, 0.15) is 5.69 Å². The summed E-state index contributed by atoms with van der Waals surface area (Å²) < 4.78 is 4.96. The number of nitrogens with one attached hydrogen (secondary N) is 1. The van der Waals surface area contributed by atoms with Crippen molar-refractivity contribution in [3.8, 4) is 5.75 Å². The summed E-state index contributed by atoms with van der Waals surface area (Å²) in [6, 6.07) is 4.78. The van der Waals surface area contributed by atoms with E-state index < -0.39 is 16.8 Å². The number of methoxy groups -OCH3 is 1. The van der Waals surface area contributed by atoms with Crippen LogP contribution >= 0.6 is 0 Å². The van der Waals surface area contributed by atoms with Gasteiger partial charge in [-0.25, -0.2) is 0 Å². The number of anilines is 1. The molecule has 110 valence electrons. The smallest absolute Gasteiger partial charge is 0.333 e. The Hall–Kier alpha value is -2.31. The topological polar surface area (TPSA) is 102 Å². The summed E-state index contributed by atoms with van der Waals surface area (Å²) in [5.41, 5.74) is 0.263. The van der Waals surface area contributed by atoms with Gasteiger partial charge in [0.05, 0.1) is 18.0 Å². The molecule has 1 unspecified atom stereocenters. The van der Waals surface area contributed by atoms with E-state index >= 15 is 0 Å². The highest BCUT2D eigenvalue weighted by Gasteiger charge is 2.20. The van der Waals surface area contributed by atoms with Crippen LogP contribution in [0.5, 0.6) is 5.75 Å². The quantitative estimate of drug-likeness (QED) is 0.431. The molecule has 0 radical (unpaired) electrons. The summed E-state index contributed by atoms with van der Waals surface area (Å²) in [5.74, 6) is -1.06. The Kier molecular flexibility index (Phi) is 5.76. The number of hydrogen-bond donors (Lipinski definition) is 2. The molecule has 1 atom stereocenters. The second-order valence-electron chi connectivity index (χ2n) is 4.42. The lowest BCUT2D eigenvalue weighted by molar-refractivity contribution is -0.384. The van der Waals surface area contributed by atoms with Crippen molar-refractivity contribution >= 4 is 17.3 Å². The molecular formula is C13H18N2O5. The second-order valence-corrected chi connectivity index (χ2v) is 4.42. The number of carboxylic acids is 1. The molecule has 1 aromatic carbocycles. The van der Waals surface area contributed by atoms with Gasteiger partial charge in [0.25, 0.3) is 0 Å². The molecule has 0 aromatic heterocycles. The van der Waals surface area contributed by atoms with Gasteiger partial charge in [-0.15, -0.1) is 0 Å². The Morgan fingerprint density at radius 1 is 1.55 bits per heavy atom. The molecular weight excluding hydrogens is 264 g/mol. The van der Waals surface area contributed by atoms with Crippen molar-refractivity contribution in [3.05, 3.63) is 28.3 Å². The summed E-state index contributed by atoms with van der Waals surface area (Å²) in [6.45, 7) is 2.10. The maximum atomic E-state index is 11.0. The molecule has 0 amide bonds. The van der Waals surface area contributed by atoms with E-state index in [0.29, 0.717) is 25.1 Å². The third-order valence-corrected chi connectivity index (χ3v) is 2.95. The van der Waals surface area contributed by atoms with Gasteiger partial charge in [-0.1, -0.05) is 13.0 Å². The van der Waals surface area contributed by atoms with E-state index in [4.69, 9.17) is 9.84 Å². The normalized spacial score (nSPS) is 11.7. The van der Waals surface area contributed by atoms with Gasteiger partial charge in [0, 0.05) is 6.54 Å². The minimum Gasteiger partial charge on any atom is -0.490 e. The first-order valence-electron chi connectivity index (χ1n) is 6.25. The summed E-state index contributed by atoms with van der Waals surface area (Å²) in [6.07, 6.45) is 1.13. The van der Waals surface area contributed by atoms with Gasteiger partial charge in [-0.05, 0) is 25.0 Å². The predicted octanol–water partition coefficient (Wildman–Crippen LogP) is 2.52. The molecule has 0 spiro atoms. The highest BCUT2D eigenvalue weighted by molar-refractivity contribution is 5.69. The van der Waals surface area contributed by atoms with E-state index in [1.165, 1.54) is 13.2 Å². The first kappa shape index (κ1) is 15.7. The summed E-state index contributed by atoms with van der Waals surface area (Å²) >= 11 is 0. The highest BCUT2D eigenvalue weighted by atomic mass is 16.6. The van der Waals surface area contributed by atoms with Gasteiger partial charge in [-0.2, -0.15) is 0 Å². The number of hydrogen-bond acceptors (Lipinski definition) is 5. The number of carboxylic acid groups (broad SMARTS) is 1. The van der Waals surface area contributed by atoms with Gasteiger partial charge in [-0.3, -0.25) is 14.9 Å². The van der Waals surface area contributed by atoms with Crippen molar-refractivity contribution in [2.75, 3.05) is 19.0 Å². The number of rotatable bonds is 8. The largest absolute Gasteiger partial charge is 0.490 e. The summed E-state index contributed by atoms with van der Waals surface area (Å²) in [5, 5.41) is 22.7. The lowest BCUT2D eigenvalue weighted by Crippen LogP contribution is -2.12. The number of nitro benzene ring substituents is 1. The van der Waals surface area contributed by atoms with Crippen LogP contribution in [0.15, 0.2) is 18.2 Å². The van der Waals surface area contributed by atoms with E-state index in [1.54, 1.807) is 19.1 Å². The Balaban J connectivity index is 2.64. The molecule has 20 heavy (non-hydrogen) atoms. The van der Waals surface area contributed by atoms with Crippen molar-refractivity contribution in [2.45, 2.75) is 19.8 Å². The van der Waals surface area contributed by atoms with Gasteiger partial charge < -0.3 is 15.2 Å². The molecule has 7 nitrogen and oxygen atoms in total. The van der Waals surface area contributed by atoms with Gasteiger partial charge in [0.15, 0.2) is 5.75 Å². The van der Waals surface area contributed by atoms with E-state index in [9.17, 15) is 14.9 Å². The highest BCUT2D eigenvalue weighted by Crippen LogP contribution is 2.34. The van der Waals surface area contributed by atoms with E-state index in [2.05, 4.69) is 5.32 Å². The molecule has 2 N–H and O–H groups in total. The Bertz CT molecular complexity index is 490. The maximum absolute atomic E-state index is 11.0. The monoisotopic (exact) mass is 282 g/mol. The van der Waals surface area contributed by atoms with Crippen LogP contribution in [0, 0.1) is 16.0 Å². The number of ether oxygens (including phenoxy) is 1. The van der Waals surface area contributed by atoms with Crippen molar-refractivity contribution < 1.29 is 19.6 Å². The zero-order chi connectivity index (χ0) is 15.1. The second kappa shape index (κ2) is 7.32. The van der Waals surface area contributed by atoms with Crippen LogP contribution in [0.4, 0.5) is 11.4 Å². The fraction of sp³-hybridized carbons (Fsp3) is 0.462. The van der Waals surface area contributed by atoms with Crippen LogP contribution in [0.1, 0.15) is 19.8 Å². The molecule has 0 aliphatic carbocycles. The van der Waals surface area contributed by atoms with Crippen LogP contribution in [0.3, 0.4) is 0 Å². The van der Waals surface area contributed by atoms with Crippen molar-refractivity contribution in [3.63, 3.8) is 0 Å². The molecule has 1 aromatic rings. The van der Waals surface area contributed by atoms with Crippen molar-refractivity contribution in [1.29, 1.82) is 0 Å². The number of nitrogens with zero attached hydrogens (tertiary/aromatic N) is 1. The zero-order valence-corrected chi connectivity index (χ0v) is 11.5. The summed E-state index contributed by atoms with van der Waals surface area (Å²) in [4.78, 5) is 21.2. The zero-order valence-electron chi connectivity index (χ0n) is 11.5. The van der Waals surface area contributed by atoms with E-state index in [-0.39, 0.29) is 11.4 Å². The molecule has 1 rings (SSSR count). The summed E-state index contributed by atoms with van der Waals surface area (Å²) in [7, 11) is 1.38. The van der Waals surface area contributed by atoms with Crippen LogP contribution in [-0.2, 0) is 4.79 Å².